The minimum atomic E-state index is -1.57. The van der Waals surface area contributed by atoms with Gasteiger partial charge in [-0.25, -0.2) is 9.78 Å². The van der Waals surface area contributed by atoms with Crippen LogP contribution >= 0.6 is 34.9 Å². The molecule has 15 nitrogen and oxygen atoms in total. The Kier molecular flexibility index (Phi) is 19.1. The summed E-state index contributed by atoms with van der Waals surface area (Å²) in [4.78, 5) is 71.4. The summed E-state index contributed by atoms with van der Waals surface area (Å²) >= 11 is 4.51. The number of fused-ring (bicyclic) bond motifs is 6. The van der Waals surface area contributed by atoms with Crippen LogP contribution in [0.5, 0.6) is 0 Å². The molecule has 0 radical (unpaired) electrons. The minimum Gasteiger partial charge on any atom is -0.460 e. The lowest BCUT2D eigenvalue weighted by Gasteiger charge is -2.38. The maximum atomic E-state index is 14.2. The van der Waals surface area contributed by atoms with E-state index >= 15 is 0 Å². The number of nitrogens with zero attached hydrogens (tertiary/aromatic N) is 3. The van der Waals surface area contributed by atoms with Crippen molar-refractivity contribution in [2.24, 2.45) is 45.5 Å². The van der Waals surface area contributed by atoms with Gasteiger partial charge in [0.05, 0.1) is 46.4 Å². The van der Waals surface area contributed by atoms with E-state index < -0.39 is 107 Å². The van der Waals surface area contributed by atoms with E-state index in [2.05, 4.69) is 10.6 Å². The van der Waals surface area contributed by atoms with Gasteiger partial charge in [-0.05, 0) is 52.4 Å². The summed E-state index contributed by atoms with van der Waals surface area (Å²) in [7, 11) is 1.57. The van der Waals surface area contributed by atoms with Crippen LogP contribution in [0.15, 0.2) is 15.4 Å². The van der Waals surface area contributed by atoms with Crippen LogP contribution in [0.3, 0.4) is 0 Å². The number of aromatic nitrogens is 1. The zero-order chi connectivity index (χ0) is 47.1. The number of ether oxygens (including phenoxy) is 3. The molecule has 1 aromatic rings. The molecule has 3 aliphatic heterocycles. The van der Waals surface area contributed by atoms with E-state index in [1.54, 1.807) is 32.7 Å². The quantitative estimate of drug-likeness (QED) is 0.181. The molecule has 3 aliphatic rings. The van der Waals surface area contributed by atoms with Gasteiger partial charge < -0.3 is 40.2 Å². The van der Waals surface area contributed by atoms with Crippen LogP contribution < -0.4 is 10.6 Å². The van der Waals surface area contributed by atoms with Crippen molar-refractivity contribution in [3.8, 4) is 0 Å². The van der Waals surface area contributed by atoms with E-state index in [9.17, 15) is 34.5 Å². The third kappa shape index (κ3) is 12.4. The SMILES string of the molecule is CCC[C@@H](C)[C@H](O)[C@H](C)[C@H]1OC(=O)[C@H](C(C)O)NC(=O)[C@H](C(C)CC)OC(=O)[C@H](C)[C@H](O)[C@H]([C@@H](C)CC)NC(=O)[C@@]2(C)CSC(=N2)[C@@]2(C)CSC(=N2)c2csc(n2)C[C@H](OC)[C@@H]1C. The zero-order valence-corrected chi connectivity index (χ0v) is 41.8. The summed E-state index contributed by atoms with van der Waals surface area (Å²) in [6, 6.07) is -2.44. The van der Waals surface area contributed by atoms with Crippen molar-refractivity contribution in [1.29, 1.82) is 0 Å². The monoisotopic (exact) mass is 939 g/mol. The Balaban J connectivity index is 1.81. The Morgan fingerprint density at radius 2 is 1.56 bits per heavy atom. The molecule has 6 bridgehead atoms. The summed E-state index contributed by atoms with van der Waals surface area (Å²) in [5.41, 5.74) is -1.17. The van der Waals surface area contributed by atoms with Crippen LogP contribution in [0.1, 0.15) is 119 Å². The second-order valence-electron chi connectivity index (χ2n) is 18.6. The Bertz CT molecular complexity index is 1810. The molecule has 63 heavy (non-hydrogen) atoms. The number of cyclic esters (lactones) is 2. The number of rotatable bonds is 11. The number of methoxy groups -OCH3 is 1. The smallest absolute Gasteiger partial charge is 0.331 e. The maximum absolute atomic E-state index is 14.2. The molecular weight excluding hydrogens is 867 g/mol. The van der Waals surface area contributed by atoms with E-state index in [1.807, 2.05) is 60.8 Å². The molecule has 0 saturated carbocycles. The number of nitrogens with one attached hydrogen (secondary N) is 2. The van der Waals surface area contributed by atoms with Gasteiger partial charge in [-0.2, -0.15) is 0 Å². The van der Waals surface area contributed by atoms with Gasteiger partial charge in [-0.3, -0.25) is 24.4 Å². The highest BCUT2D eigenvalue weighted by molar-refractivity contribution is 8.16. The molecule has 5 N–H and O–H groups in total. The lowest BCUT2D eigenvalue weighted by molar-refractivity contribution is -0.172. The molecule has 0 spiro atoms. The number of aliphatic hydroxyl groups is 3. The molecule has 356 valence electrons. The fraction of sp³-hybridized carbons (Fsp3) is 0.800. The van der Waals surface area contributed by atoms with Gasteiger partial charge in [0.15, 0.2) is 12.1 Å². The Labute approximate surface area is 386 Å². The molecule has 2 amide bonds. The second-order valence-corrected chi connectivity index (χ2v) is 21.4. The number of hydrogen-bond acceptors (Lipinski definition) is 16. The average Bonchev–Trinajstić information content (AvgIpc) is 4.01. The van der Waals surface area contributed by atoms with Gasteiger partial charge in [0.25, 0.3) is 5.91 Å². The van der Waals surface area contributed by atoms with Gasteiger partial charge >= 0.3 is 11.9 Å². The Morgan fingerprint density at radius 3 is 2.16 bits per heavy atom. The third-order valence-corrected chi connectivity index (χ3v) is 17.0. The molecule has 4 heterocycles. The molecular formula is C45H73N5O10S3. The Hall–Kier alpha value is -2.61. The van der Waals surface area contributed by atoms with E-state index in [0.717, 1.165) is 27.9 Å². The highest BCUT2D eigenvalue weighted by atomic mass is 32.2. The fourth-order valence-electron chi connectivity index (χ4n) is 8.30. The topological polar surface area (TPSA) is 218 Å². The number of aliphatic imine (C=N–C) groups is 2. The van der Waals surface area contributed by atoms with Crippen molar-refractivity contribution in [3.63, 3.8) is 0 Å². The molecule has 0 saturated heterocycles. The zero-order valence-electron chi connectivity index (χ0n) is 39.4. The summed E-state index contributed by atoms with van der Waals surface area (Å²) in [6.07, 6.45) is -3.62. The summed E-state index contributed by atoms with van der Waals surface area (Å²) in [5, 5.41) is 44.2. The Morgan fingerprint density at radius 1 is 0.905 bits per heavy atom. The molecule has 1 aromatic heterocycles. The normalized spacial score (nSPS) is 34.6. The van der Waals surface area contributed by atoms with Crippen molar-refractivity contribution < 1.29 is 48.7 Å². The van der Waals surface area contributed by atoms with E-state index in [0.29, 0.717) is 36.5 Å². The number of esters is 2. The fourth-order valence-corrected chi connectivity index (χ4v) is 11.7. The number of hydrogen-bond donors (Lipinski definition) is 5. The molecule has 0 aromatic carbocycles. The number of carbonyl (C=O) groups excluding carboxylic acids is 4. The van der Waals surface area contributed by atoms with E-state index in [-0.39, 0.29) is 11.8 Å². The third-order valence-electron chi connectivity index (χ3n) is 13.3. The van der Waals surface area contributed by atoms with Gasteiger partial charge in [0.2, 0.25) is 5.91 Å². The van der Waals surface area contributed by atoms with Crippen molar-refractivity contribution in [3.05, 3.63) is 16.1 Å². The lowest BCUT2D eigenvalue weighted by atomic mass is 9.80. The standard InChI is InChI=1S/C45H73N5O10S3/c1-14-17-24(6)34(52)26(8)37-25(7)30(58-13)18-31-46-29(19-61-31)39-49-45(12,21-62-39)43-50-44(11,20-63-43)42(57)48-32(22(4)15-2)35(53)27(9)40(55)59-36(23(5)16-3)38(54)47-33(28(10)51)41(56)60-37/h19,22-28,30,32-37,51-53H,14-18,20-21H2,1-13H3,(H,47,54)(H,48,57)/t22-,23?,24+,25-,26-,27+,28?,30-,32-,33-,34-,35-,36-,37-,44+,45+/m0/s1. The largest absolute Gasteiger partial charge is 0.460 e. The van der Waals surface area contributed by atoms with Crippen molar-refractivity contribution in [2.45, 2.75) is 175 Å². The van der Waals surface area contributed by atoms with Crippen LogP contribution in [-0.2, 0) is 39.8 Å². The molecule has 0 fully saturated rings. The van der Waals surface area contributed by atoms with Crippen LogP contribution in [0.2, 0.25) is 0 Å². The van der Waals surface area contributed by atoms with Crippen molar-refractivity contribution in [2.75, 3.05) is 18.6 Å². The van der Waals surface area contributed by atoms with Gasteiger partial charge in [0.1, 0.15) is 27.9 Å². The second kappa shape index (κ2) is 22.7. The lowest BCUT2D eigenvalue weighted by Crippen LogP contribution is -2.57. The predicted octanol–water partition coefficient (Wildman–Crippen LogP) is 5.20. The summed E-state index contributed by atoms with van der Waals surface area (Å²) < 4.78 is 18.2. The first-order chi connectivity index (χ1) is 29.6. The highest BCUT2D eigenvalue weighted by Crippen LogP contribution is 2.41. The van der Waals surface area contributed by atoms with Gasteiger partial charge in [-0.15, -0.1) is 34.9 Å². The average molecular weight is 940 g/mol. The molecule has 2 unspecified atom stereocenters. The molecule has 4 rings (SSSR count). The number of carbonyl (C=O) groups is 4. The maximum Gasteiger partial charge on any atom is 0.331 e. The highest BCUT2D eigenvalue weighted by Gasteiger charge is 2.48. The first-order valence-corrected chi connectivity index (χ1v) is 25.4. The van der Waals surface area contributed by atoms with Gasteiger partial charge in [-0.1, -0.05) is 68.2 Å². The summed E-state index contributed by atoms with van der Waals surface area (Å²) in [6.45, 7) is 21.6. The van der Waals surface area contributed by atoms with Crippen LogP contribution in [0.4, 0.5) is 0 Å². The number of thioether (sulfide) groups is 2. The van der Waals surface area contributed by atoms with Crippen LogP contribution in [0.25, 0.3) is 0 Å². The van der Waals surface area contributed by atoms with Crippen LogP contribution in [-0.4, -0.2) is 133 Å². The predicted molar refractivity (Wildman–Crippen MR) is 250 cm³/mol. The van der Waals surface area contributed by atoms with Crippen molar-refractivity contribution >= 4 is 68.7 Å². The van der Waals surface area contributed by atoms with Gasteiger partial charge in [0, 0.05) is 48.2 Å². The molecule has 16 atom stereocenters. The van der Waals surface area contributed by atoms with E-state index in [1.165, 1.54) is 36.9 Å². The van der Waals surface area contributed by atoms with E-state index in [4.69, 9.17) is 29.2 Å². The first-order valence-electron chi connectivity index (χ1n) is 22.6. The number of amides is 2. The van der Waals surface area contributed by atoms with Crippen molar-refractivity contribution in [1.82, 2.24) is 15.6 Å². The molecule has 18 heteroatoms. The van der Waals surface area contributed by atoms with Crippen LogP contribution in [0, 0.1) is 35.5 Å². The first kappa shape index (κ1) is 53.0. The number of aliphatic hydroxyl groups excluding tert-OH is 3. The number of thiazole rings is 1. The molecule has 0 aliphatic carbocycles. The summed E-state index contributed by atoms with van der Waals surface area (Å²) in [5.74, 6) is -5.26. The minimum absolute atomic E-state index is 0.122.